The molecule has 18 heavy (non-hydrogen) atoms. The van der Waals surface area contributed by atoms with Crippen LogP contribution in [-0.2, 0) is 6.42 Å². The molecule has 1 atom stereocenters. The van der Waals surface area contributed by atoms with Crippen molar-refractivity contribution in [1.29, 1.82) is 0 Å². The van der Waals surface area contributed by atoms with Crippen LogP contribution in [-0.4, -0.2) is 37.0 Å². The third kappa shape index (κ3) is 3.63. The molecular weight excluding hydrogens is 246 g/mol. The highest BCUT2D eigenvalue weighted by atomic mass is 35.5. The lowest BCUT2D eigenvalue weighted by Gasteiger charge is -2.23. The van der Waals surface area contributed by atoms with Crippen LogP contribution >= 0.6 is 11.6 Å². The molecule has 1 aromatic carbocycles. The number of ether oxygens (including phenoxy) is 1. The van der Waals surface area contributed by atoms with Crippen molar-refractivity contribution in [1.82, 2.24) is 4.90 Å². The van der Waals surface area contributed by atoms with Crippen molar-refractivity contribution in [3.8, 4) is 5.75 Å². The second kappa shape index (κ2) is 7.01. The highest BCUT2D eigenvalue weighted by Gasteiger charge is 2.23. The summed E-state index contributed by atoms with van der Waals surface area (Å²) in [5, 5.41) is 0. The number of hydrogen-bond donors (Lipinski definition) is 0. The van der Waals surface area contributed by atoms with Crippen LogP contribution in [0, 0.1) is 0 Å². The van der Waals surface area contributed by atoms with Crippen molar-refractivity contribution >= 4 is 11.6 Å². The largest absolute Gasteiger partial charge is 0.497 e. The summed E-state index contributed by atoms with van der Waals surface area (Å²) in [7, 11) is 1.70. The molecule has 0 saturated carbocycles. The topological polar surface area (TPSA) is 12.5 Å². The van der Waals surface area contributed by atoms with Gasteiger partial charge in [-0.3, -0.25) is 0 Å². The average Bonchev–Trinajstić information content (AvgIpc) is 2.85. The van der Waals surface area contributed by atoms with E-state index < -0.39 is 0 Å². The van der Waals surface area contributed by atoms with Gasteiger partial charge in [0.25, 0.3) is 0 Å². The number of nitrogens with zero attached hydrogens (tertiary/aromatic N) is 1. The van der Waals surface area contributed by atoms with Crippen LogP contribution in [0.1, 0.15) is 24.8 Å². The van der Waals surface area contributed by atoms with Crippen molar-refractivity contribution in [2.45, 2.75) is 31.7 Å². The molecule has 0 spiro atoms. The Kier molecular flexibility index (Phi) is 5.33. The van der Waals surface area contributed by atoms with Crippen LogP contribution in [0.2, 0.25) is 0 Å². The first-order chi connectivity index (χ1) is 8.83. The van der Waals surface area contributed by atoms with Crippen molar-refractivity contribution in [2.24, 2.45) is 0 Å². The fraction of sp³-hybridized carbons (Fsp3) is 0.600. The third-order valence-corrected chi connectivity index (χ3v) is 4.01. The molecule has 100 valence electrons. The number of alkyl halides is 1. The Morgan fingerprint density at radius 3 is 2.78 bits per heavy atom. The predicted octanol–water partition coefficient (Wildman–Crippen LogP) is 3.33. The second-order valence-electron chi connectivity index (χ2n) is 4.91. The van der Waals surface area contributed by atoms with Crippen molar-refractivity contribution in [2.75, 3.05) is 26.1 Å². The van der Waals surface area contributed by atoms with E-state index in [0.29, 0.717) is 6.04 Å². The van der Waals surface area contributed by atoms with Crippen LogP contribution < -0.4 is 4.74 Å². The zero-order valence-corrected chi connectivity index (χ0v) is 11.8. The maximum absolute atomic E-state index is 5.86. The van der Waals surface area contributed by atoms with Gasteiger partial charge in [-0.2, -0.15) is 0 Å². The molecular formula is C15H22ClNO. The van der Waals surface area contributed by atoms with Crippen molar-refractivity contribution in [3.63, 3.8) is 0 Å². The molecule has 1 aliphatic rings. The van der Waals surface area contributed by atoms with Crippen molar-refractivity contribution < 1.29 is 4.74 Å². The van der Waals surface area contributed by atoms with E-state index in [1.165, 1.54) is 24.9 Å². The minimum Gasteiger partial charge on any atom is -0.497 e. The summed E-state index contributed by atoms with van der Waals surface area (Å²) < 4.78 is 5.17. The monoisotopic (exact) mass is 267 g/mol. The smallest absolute Gasteiger partial charge is 0.118 e. The van der Waals surface area contributed by atoms with E-state index in [1.807, 2.05) is 12.1 Å². The standard InChI is InChI=1S/C15H22ClNO/c1-18-15-6-4-13(5-7-15)9-12-17-11-2-3-14(17)8-10-16/h4-7,14H,2-3,8-12H2,1H3. The van der Waals surface area contributed by atoms with Gasteiger partial charge in [-0.1, -0.05) is 12.1 Å². The number of benzene rings is 1. The lowest BCUT2D eigenvalue weighted by molar-refractivity contribution is 0.252. The summed E-state index contributed by atoms with van der Waals surface area (Å²) in [5.74, 6) is 1.71. The van der Waals surface area contributed by atoms with Gasteiger partial charge in [0, 0.05) is 18.5 Å². The van der Waals surface area contributed by atoms with Crippen LogP contribution in [0.3, 0.4) is 0 Å². The molecule has 3 heteroatoms. The minimum atomic E-state index is 0.709. The first-order valence-electron chi connectivity index (χ1n) is 6.76. The van der Waals surface area contributed by atoms with E-state index in [2.05, 4.69) is 17.0 Å². The lowest BCUT2D eigenvalue weighted by Crippen LogP contribution is -2.31. The zero-order chi connectivity index (χ0) is 12.8. The highest BCUT2D eigenvalue weighted by molar-refractivity contribution is 6.17. The van der Waals surface area contributed by atoms with Crippen LogP contribution in [0.15, 0.2) is 24.3 Å². The van der Waals surface area contributed by atoms with E-state index >= 15 is 0 Å². The number of hydrogen-bond acceptors (Lipinski definition) is 2. The summed E-state index contributed by atoms with van der Waals surface area (Å²) >= 11 is 5.86. The van der Waals surface area contributed by atoms with E-state index in [0.717, 1.165) is 31.0 Å². The second-order valence-corrected chi connectivity index (χ2v) is 5.29. The normalized spacial score (nSPS) is 20.2. The van der Waals surface area contributed by atoms with Gasteiger partial charge in [0.05, 0.1) is 7.11 Å². The molecule has 0 bridgehead atoms. The Balaban J connectivity index is 1.82. The van der Waals surface area contributed by atoms with Gasteiger partial charge < -0.3 is 9.64 Å². The fourth-order valence-electron chi connectivity index (χ4n) is 2.71. The number of likely N-dealkylation sites (tertiary alicyclic amines) is 1. The van der Waals surface area contributed by atoms with Gasteiger partial charge in [-0.05, 0) is 49.9 Å². The molecule has 0 amide bonds. The quantitative estimate of drug-likeness (QED) is 0.733. The van der Waals surface area contributed by atoms with Crippen LogP contribution in [0.25, 0.3) is 0 Å². The van der Waals surface area contributed by atoms with Gasteiger partial charge in [-0.25, -0.2) is 0 Å². The lowest BCUT2D eigenvalue weighted by atomic mass is 10.1. The zero-order valence-electron chi connectivity index (χ0n) is 11.1. The molecule has 0 aromatic heterocycles. The average molecular weight is 268 g/mol. The Morgan fingerprint density at radius 2 is 2.11 bits per heavy atom. The Labute approximate surface area is 115 Å². The molecule has 1 aliphatic heterocycles. The van der Waals surface area contributed by atoms with Crippen molar-refractivity contribution in [3.05, 3.63) is 29.8 Å². The maximum atomic E-state index is 5.86. The maximum Gasteiger partial charge on any atom is 0.118 e. The van der Waals surface area contributed by atoms with Gasteiger partial charge in [0.1, 0.15) is 5.75 Å². The van der Waals surface area contributed by atoms with E-state index in [-0.39, 0.29) is 0 Å². The SMILES string of the molecule is COc1ccc(CCN2CCCC2CCCl)cc1. The summed E-state index contributed by atoms with van der Waals surface area (Å²) in [5.41, 5.74) is 1.38. The molecule has 1 fully saturated rings. The molecule has 0 N–H and O–H groups in total. The molecule has 1 heterocycles. The highest BCUT2D eigenvalue weighted by Crippen LogP contribution is 2.21. The number of rotatable bonds is 6. The van der Waals surface area contributed by atoms with Crippen LogP contribution in [0.4, 0.5) is 0 Å². The number of halogens is 1. The summed E-state index contributed by atoms with van der Waals surface area (Å²) in [6, 6.07) is 9.10. The van der Waals surface area contributed by atoms with Gasteiger partial charge in [0.15, 0.2) is 0 Å². The molecule has 2 rings (SSSR count). The molecule has 0 radical (unpaired) electrons. The minimum absolute atomic E-state index is 0.709. The van der Waals surface area contributed by atoms with Crippen LogP contribution in [0.5, 0.6) is 5.75 Å². The number of methoxy groups -OCH3 is 1. The molecule has 1 aromatic rings. The van der Waals surface area contributed by atoms with Gasteiger partial charge in [0.2, 0.25) is 0 Å². The van der Waals surface area contributed by atoms with E-state index in [4.69, 9.17) is 16.3 Å². The Hall–Kier alpha value is -0.730. The summed E-state index contributed by atoms with van der Waals surface area (Å²) in [6.45, 7) is 2.38. The molecule has 1 saturated heterocycles. The summed E-state index contributed by atoms with van der Waals surface area (Å²) in [4.78, 5) is 2.59. The third-order valence-electron chi connectivity index (χ3n) is 3.79. The van der Waals surface area contributed by atoms with Gasteiger partial charge >= 0.3 is 0 Å². The first-order valence-corrected chi connectivity index (χ1v) is 7.30. The Morgan fingerprint density at radius 1 is 1.33 bits per heavy atom. The predicted molar refractivity (Wildman–Crippen MR) is 76.6 cm³/mol. The first kappa shape index (κ1) is 13.7. The Bertz CT molecular complexity index is 352. The fourth-order valence-corrected chi connectivity index (χ4v) is 2.96. The van der Waals surface area contributed by atoms with E-state index in [9.17, 15) is 0 Å². The molecule has 1 unspecified atom stereocenters. The molecule has 0 aliphatic carbocycles. The van der Waals surface area contributed by atoms with E-state index in [1.54, 1.807) is 7.11 Å². The summed E-state index contributed by atoms with van der Waals surface area (Å²) in [6.07, 6.45) is 4.88. The van der Waals surface area contributed by atoms with Gasteiger partial charge in [-0.15, -0.1) is 11.6 Å². The molecule has 2 nitrogen and oxygen atoms in total.